The zero-order valence-corrected chi connectivity index (χ0v) is 15.2. The quantitative estimate of drug-likeness (QED) is 0.633. The van der Waals surface area contributed by atoms with Crippen LogP contribution >= 0.6 is 0 Å². The van der Waals surface area contributed by atoms with Crippen LogP contribution in [0.4, 0.5) is 14.9 Å². The molecular formula is C20H17FN2O5. The van der Waals surface area contributed by atoms with Crippen LogP contribution in [0.3, 0.4) is 0 Å². The topological polar surface area (TPSA) is 84.9 Å². The minimum Gasteiger partial charge on any atom is -0.493 e. The van der Waals surface area contributed by atoms with Crippen molar-refractivity contribution in [3.8, 4) is 11.5 Å². The molecule has 3 rings (SSSR count). The smallest absolute Gasteiger partial charge is 0.335 e. The molecule has 4 amide bonds. The molecule has 0 aromatic heterocycles. The zero-order valence-electron chi connectivity index (χ0n) is 15.2. The van der Waals surface area contributed by atoms with Crippen LogP contribution in [-0.2, 0) is 9.59 Å². The molecule has 0 saturated carbocycles. The summed E-state index contributed by atoms with van der Waals surface area (Å²) in [4.78, 5) is 37.9. The predicted octanol–water partition coefficient (Wildman–Crippen LogP) is 2.90. The van der Waals surface area contributed by atoms with Gasteiger partial charge in [0.25, 0.3) is 11.8 Å². The van der Waals surface area contributed by atoms with Crippen molar-refractivity contribution in [2.24, 2.45) is 0 Å². The van der Waals surface area contributed by atoms with Crippen molar-refractivity contribution in [1.82, 2.24) is 5.32 Å². The first kappa shape index (κ1) is 19.1. The second-order valence-corrected chi connectivity index (χ2v) is 5.78. The number of ether oxygens (including phenoxy) is 2. The first-order chi connectivity index (χ1) is 13.4. The number of methoxy groups -OCH3 is 1. The molecule has 2 aromatic carbocycles. The number of benzene rings is 2. The first-order valence-corrected chi connectivity index (χ1v) is 8.42. The van der Waals surface area contributed by atoms with Gasteiger partial charge < -0.3 is 9.47 Å². The Morgan fingerprint density at radius 1 is 1.07 bits per heavy atom. The van der Waals surface area contributed by atoms with E-state index in [0.29, 0.717) is 23.7 Å². The fourth-order valence-electron chi connectivity index (χ4n) is 2.70. The lowest BCUT2D eigenvalue weighted by Gasteiger charge is -2.26. The van der Waals surface area contributed by atoms with E-state index < -0.39 is 23.7 Å². The monoisotopic (exact) mass is 384 g/mol. The summed E-state index contributed by atoms with van der Waals surface area (Å²) in [6.07, 6.45) is 1.35. The Morgan fingerprint density at radius 3 is 2.43 bits per heavy atom. The largest absolute Gasteiger partial charge is 0.493 e. The van der Waals surface area contributed by atoms with Crippen molar-refractivity contribution in [2.75, 3.05) is 18.6 Å². The number of urea groups is 1. The van der Waals surface area contributed by atoms with Crippen LogP contribution in [0.1, 0.15) is 12.5 Å². The third-order valence-electron chi connectivity index (χ3n) is 3.99. The molecule has 1 saturated heterocycles. The lowest BCUT2D eigenvalue weighted by Crippen LogP contribution is -2.54. The Kier molecular flexibility index (Phi) is 5.39. The molecule has 8 heteroatoms. The maximum atomic E-state index is 13.1. The standard InChI is InChI=1S/C20H17FN2O5/c1-3-28-16-9-4-12(11-17(16)27-2)10-15-18(24)22-20(26)23(19(15)25)14-7-5-13(21)6-8-14/h4-11H,3H2,1-2H3,(H,22,24,26)/b15-10+. The molecule has 2 aromatic rings. The van der Waals surface area contributed by atoms with Crippen molar-refractivity contribution < 1.29 is 28.2 Å². The molecule has 0 atom stereocenters. The fraction of sp³-hybridized carbons (Fsp3) is 0.150. The molecule has 1 aliphatic heterocycles. The molecule has 7 nitrogen and oxygen atoms in total. The van der Waals surface area contributed by atoms with Gasteiger partial charge in [0.1, 0.15) is 11.4 Å². The SMILES string of the molecule is CCOc1ccc(/C=C2\C(=O)NC(=O)N(c3ccc(F)cc3)C2=O)cc1OC. The van der Waals surface area contributed by atoms with Crippen molar-refractivity contribution in [1.29, 1.82) is 0 Å². The number of anilines is 1. The lowest BCUT2D eigenvalue weighted by molar-refractivity contribution is -0.122. The Labute approximate surface area is 160 Å². The number of nitrogens with one attached hydrogen (secondary N) is 1. The van der Waals surface area contributed by atoms with E-state index in [1.807, 2.05) is 6.92 Å². The molecule has 28 heavy (non-hydrogen) atoms. The molecule has 144 valence electrons. The summed E-state index contributed by atoms with van der Waals surface area (Å²) in [5.41, 5.74) is 0.411. The number of imide groups is 2. The van der Waals surface area contributed by atoms with E-state index in [2.05, 4.69) is 5.32 Å². The summed E-state index contributed by atoms with van der Waals surface area (Å²) in [5.74, 6) is -1.18. The van der Waals surface area contributed by atoms with Gasteiger partial charge >= 0.3 is 6.03 Å². The summed E-state index contributed by atoms with van der Waals surface area (Å²) in [5, 5.41) is 2.11. The van der Waals surface area contributed by atoms with Crippen molar-refractivity contribution >= 4 is 29.6 Å². The number of hydrogen-bond acceptors (Lipinski definition) is 5. The van der Waals surface area contributed by atoms with E-state index in [1.54, 1.807) is 18.2 Å². The van der Waals surface area contributed by atoms with Crippen LogP contribution in [-0.4, -0.2) is 31.6 Å². The van der Waals surface area contributed by atoms with Gasteiger partial charge in [0.05, 0.1) is 19.4 Å². The average molecular weight is 384 g/mol. The van der Waals surface area contributed by atoms with Gasteiger partial charge in [-0.05, 0) is 55.0 Å². The van der Waals surface area contributed by atoms with Crippen molar-refractivity contribution in [2.45, 2.75) is 6.92 Å². The number of nitrogens with zero attached hydrogens (tertiary/aromatic N) is 1. The summed E-state index contributed by atoms with van der Waals surface area (Å²) in [7, 11) is 1.47. The Balaban J connectivity index is 1.98. The lowest BCUT2D eigenvalue weighted by atomic mass is 10.1. The van der Waals surface area contributed by atoms with Crippen molar-refractivity contribution in [3.05, 3.63) is 59.4 Å². The second kappa shape index (κ2) is 7.91. The maximum absolute atomic E-state index is 13.1. The summed E-state index contributed by atoms with van der Waals surface area (Å²) >= 11 is 0. The molecule has 0 aliphatic carbocycles. The van der Waals surface area contributed by atoms with Gasteiger partial charge in [-0.3, -0.25) is 14.9 Å². The molecular weight excluding hydrogens is 367 g/mol. The van der Waals surface area contributed by atoms with E-state index in [4.69, 9.17) is 9.47 Å². The van der Waals surface area contributed by atoms with Gasteiger partial charge in [-0.1, -0.05) is 6.07 Å². The summed E-state index contributed by atoms with van der Waals surface area (Å²) in [6, 6.07) is 8.81. The Bertz CT molecular complexity index is 969. The van der Waals surface area contributed by atoms with Crippen LogP contribution in [0.2, 0.25) is 0 Å². The number of amides is 4. The van der Waals surface area contributed by atoms with Gasteiger partial charge in [-0.15, -0.1) is 0 Å². The normalized spacial score (nSPS) is 15.6. The van der Waals surface area contributed by atoms with Gasteiger partial charge in [0.15, 0.2) is 11.5 Å². The van der Waals surface area contributed by atoms with Crippen LogP contribution in [0, 0.1) is 5.82 Å². The third-order valence-corrected chi connectivity index (χ3v) is 3.99. The van der Waals surface area contributed by atoms with Gasteiger partial charge in [-0.25, -0.2) is 14.1 Å². The van der Waals surface area contributed by atoms with E-state index in [0.717, 1.165) is 17.0 Å². The molecule has 0 spiro atoms. The number of barbiturate groups is 1. The van der Waals surface area contributed by atoms with E-state index >= 15 is 0 Å². The average Bonchev–Trinajstić information content (AvgIpc) is 2.67. The number of rotatable bonds is 5. The number of hydrogen-bond donors (Lipinski definition) is 1. The Morgan fingerprint density at radius 2 is 1.79 bits per heavy atom. The zero-order chi connectivity index (χ0) is 20.3. The van der Waals surface area contributed by atoms with E-state index in [-0.39, 0.29) is 11.3 Å². The number of carbonyl (C=O) groups excluding carboxylic acids is 3. The summed E-state index contributed by atoms with van der Waals surface area (Å²) in [6.45, 7) is 2.29. The van der Waals surface area contributed by atoms with Crippen LogP contribution < -0.4 is 19.7 Å². The molecule has 0 radical (unpaired) electrons. The maximum Gasteiger partial charge on any atom is 0.335 e. The molecule has 1 fully saturated rings. The third kappa shape index (κ3) is 3.71. The molecule has 1 N–H and O–H groups in total. The van der Waals surface area contributed by atoms with Crippen LogP contribution in [0.15, 0.2) is 48.0 Å². The highest BCUT2D eigenvalue weighted by molar-refractivity contribution is 6.39. The first-order valence-electron chi connectivity index (χ1n) is 8.42. The molecule has 1 aliphatic rings. The van der Waals surface area contributed by atoms with Gasteiger partial charge in [0.2, 0.25) is 0 Å². The highest BCUT2D eigenvalue weighted by Gasteiger charge is 2.36. The number of halogens is 1. The van der Waals surface area contributed by atoms with Crippen molar-refractivity contribution in [3.63, 3.8) is 0 Å². The molecule has 0 unspecified atom stereocenters. The molecule has 1 heterocycles. The Hall–Kier alpha value is -3.68. The minimum absolute atomic E-state index is 0.145. The van der Waals surface area contributed by atoms with E-state index in [1.165, 1.54) is 25.3 Å². The highest BCUT2D eigenvalue weighted by Crippen LogP contribution is 2.29. The fourth-order valence-corrected chi connectivity index (χ4v) is 2.70. The van der Waals surface area contributed by atoms with Crippen LogP contribution in [0.25, 0.3) is 6.08 Å². The van der Waals surface area contributed by atoms with Gasteiger partial charge in [0, 0.05) is 0 Å². The predicted molar refractivity (Wildman–Crippen MR) is 99.6 cm³/mol. The van der Waals surface area contributed by atoms with Gasteiger partial charge in [-0.2, -0.15) is 0 Å². The minimum atomic E-state index is -0.900. The summed E-state index contributed by atoms with van der Waals surface area (Å²) < 4.78 is 23.8. The second-order valence-electron chi connectivity index (χ2n) is 5.78. The van der Waals surface area contributed by atoms with Crippen LogP contribution in [0.5, 0.6) is 11.5 Å². The van der Waals surface area contributed by atoms with E-state index in [9.17, 15) is 18.8 Å². The molecule has 0 bridgehead atoms. The highest BCUT2D eigenvalue weighted by atomic mass is 19.1. The number of carbonyl (C=O) groups is 3.